The number of amides is 1. The maximum Gasteiger partial charge on any atom is 0.235 e. The van der Waals surface area contributed by atoms with Crippen LogP contribution in [-0.4, -0.2) is 10.9 Å². The average Bonchev–Trinajstić information content (AvgIpc) is 3.23. The Balaban J connectivity index is 1.51. The van der Waals surface area contributed by atoms with Crippen molar-refractivity contribution in [3.05, 3.63) is 70.7 Å². The van der Waals surface area contributed by atoms with E-state index in [-0.39, 0.29) is 5.91 Å². The molecule has 0 radical (unpaired) electrons. The fourth-order valence-electron chi connectivity index (χ4n) is 2.85. The fourth-order valence-corrected chi connectivity index (χ4v) is 3.62. The molecule has 0 unspecified atom stereocenters. The van der Waals surface area contributed by atoms with Gasteiger partial charge in [-0.2, -0.15) is 0 Å². The zero-order valence-corrected chi connectivity index (χ0v) is 14.4. The van der Waals surface area contributed by atoms with Gasteiger partial charge in [-0.3, -0.25) is 4.79 Å². The van der Waals surface area contributed by atoms with Gasteiger partial charge in [-0.15, -0.1) is 11.3 Å². The molecule has 1 aromatic heterocycles. The molecular formula is C19H15ClN2OS. The first kappa shape index (κ1) is 15.4. The first-order valence-electron chi connectivity index (χ1n) is 7.75. The zero-order chi connectivity index (χ0) is 16.6. The summed E-state index contributed by atoms with van der Waals surface area (Å²) in [5, 5.41) is 6.66. The number of benzene rings is 2. The van der Waals surface area contributed by atoms with E-state index in [9.17, 15) is 4.79 Å². The first-order chi connectivity index (χ1) is 11.7. The molecule has 0 bridgehead atoms. The van der Waals surface area contributed by atoms with E-state index in [1.807, 2.05) is 53.9 Å². The van der Waals surface area contributed by atoms with Gasteiger partial charge in [0.15, 0.2) is 0 Å². The molecule has 1 aliphatic carbocycles. The molecule has 1 fully saturated rings. The number of hydrogen-bond acceptors (Lipinski definition) is 3. The summed E-state index contributed by atoms with van der Waals surface area (Å²) in [5.41, 5.74) is 2.49. The first-order valence-corrected chi connectivity index (χ1v) is 9.01. The average molecular weight is 355 g/mol. The molecule has 1 amide bonds. The highest BCUT2D eigenvalue weighted by Gasteiger charge is 2.51. The van der Waals surface area contributed by atoms with Crippen molar-refractivity contribution in [1.29, 1.82) is 0 Å². The lowest BCUT2D eigenvalue weighted by Gasteiger charge is -2.16. The molecule has 0 atom stereocenters. The summed E-state index contributed by atoms with van der Waals surface area (Å²) in [7, 11) is 0. The minimum atomic E-state index is -0.404. The minimum Gasteiger partial charge on any atom is -0.325 e. The van der Waals surface area contributed by atoms with Gasteiger partial charge in [0.05, 0.1) is 5.41 Å². The monoisotopic (exact) mass is 354 g/mol. The van der Waals surface area contributed by atoms with Gasteiger partial charge in [-0.1, -0.05) is 23.7 Å². The second kappa shape index (κ2) is 6.04. The van der Waals surface area contributed by atoms with Crippen LogP contribution in [0.25, 0.3) is 10.6 Å². The number of anilines is 1. The van der Waals surface area contributed by atoms with Gasteiger partial charge in [-0.25, -0.2) is 4.98 Å². The topological polar surface area (TPSA) is 42.0 Å². The number of carbonyl (C=O) groups excluding carboxylic acids is 1. The third kappa shape index (κ3) is 2.83. The van der Waals surface area contributed by atoms with E-state index >= 15 is 0 Å². The Hall–Kier alpha value is -2.17. The van der Waals surface area contributed by atoms with Crippen LogP contribution in [0.15, 0.2) is 60.1 Å². The Kier molecular flexibility index (Phi) is 3.87. The molecule has 1 N–H and O–H groups in total. The number of nitrogens with one attached hydrogen (secondary N) is 1. The summed E-state index contributed by atoms with van der Waals surface area (Å²) in [4.78, 5) is 17.0. The van der Waals surface area contributed by atoms with Gasteiger partial charge in [0.2, 0.25) is 5.91 Å². The molecule has 2 aromatic carbocycles. The number of hydrogen-bond donors (Lipinski definition) is 1. The van der Waals surface area contributed by atoms with Crippen LogP contribution in [0.5, 0.6) is 0 Å². The van der Waals surface area contributed by atoms with Crippen molar-refractivity contribution in [2.24, 2.45) is 0 Å². The number of aromatic nitrogens is 1. The molecule has 0 spiro atoms. The molecule has 4 rings (SSSR count). The third-order valence-electron chi connectivity index (χ3n) is 4.40. The number of rotatable bonds is 4. The van der Waals surface area contributed by atoms with E-state index in [0.29, 0.717) is 5.02 Å². The summed E-state index contributed by atoms with van der Waals surface area (Å²) in [6.45, 7) is 0. The smallest absolute Gasteiger partial charge is 0.235 e. The molecule has 1 saturated carbocycles. The largest absolute Gasteiger partial charge is 0.325 e. The van der Waals surface area contributed by atoms with E-state index in [4.69, 9.17) is 11.6 Å². The summed E-state index contributed by atoms with van der Waals surface area (Å²) < 4.78 is 0. The van der Waals surface area contributed by atoms with Gasteiger partial charge in [0.25, 0.3) is 0 Å². The molecule has 5 heteroatoms. The summed E-state index contributed by atoms with van der Waals surface area (Å²) in [5.74, 6) is 0.0480. The summed E-state index contributed by atoms with van der Waals surface area (Å²) in [6.07, 6.45) is 3.54. The maximum atomic E-state index is 12.7. The van der Waals surface area contributed by atoms with E-state index in [2.05, 4.69) is 10.3 Å². The van der Waals surface area contributed by atoms with Crippen LogP contribution < -0.4 is 5.32 Å². The van der Waals surface area contributed by atoms with Crippen molar-refractivity contribution < 1.29 is 4.79 Å². The number of thiazole rings is 1. The van der Waals surface area contributed by atoms with Crippen LogP contribution in [0, 0.1) is 0 Å². The number of nitrogens with zero attached hydrogens (tertiary/aromatic N) is 1. The Morgan fingerprint density at radius 3 is 2.38 bits per heavy atom. The van der Waals surface area contributed by atoms with Crippen molar-refractivity contribution in [2.75, 3.05) is 5.32 Å². The van der Waals surface area contributed by atoms with E-state index in [1.165, 1.54) is 0 Å². The summed E-state index contributed by atoms with van der Waals surface area (Å²) in [6, 6.07) is 15.4. The van der Waals surface area contributed by atoms with Gasteiger partial charge in [0.1, 0.15) is 5.01 Å². The van der Waals surface area contributed by atoms with Crippen LogP contribution >= 0.6 is 22.9 Å². The SMILES string of the molecule is O=C(Nc1ccc(-c2nccs2)cc1)C1(c2ccc(Cl)cc2)CC1. The van der Waals surface area contributed by atoms with Crippen molar-refractivity contribution in [3.63, 3.8) is 0 Å². The second-order valence-corrected chi connectivity index (χ2v) is 7.29. The lowest BCUT2D eigenvalue weighted by Crippen LogP contribution is -2.27. The Labute approximate surface area is 149 Å². The standard InChI is InChI=1S/C19H15ClN2OS/c20-15-5-3-14(4-6-15)19(9-10-19)18(23)22-16-7-1-13(2-8-16)17-21-11-12-24-17/h1-8,11-12H,9-10H2,(H,22,23). The predicted octanol–water partition coefficient (Wildman–Crippen LogP) is 5.13. The van der Waals surface area contributed by atoms with Crippen molar-refractivity contribution in [1.82, 2.24) is 4.98 Å². The van der Waals surface area contributed by atoms with E-state index in [0.717, 1.165) is 34.7 Å². The Morgan fingerprint density at radius 1 is 1.08 bits per heavy atom. The molecule has 0 aliphatic heterocycles. The minimum absolute atomic E-state index is 0.0480. The number of carbonyl (C=O) groups is 1. The number of halogens is 1. The second-order valence-electron chi connectivity index (χ2n) is 5.96. The van der Waals surface area contributed by atoms with E-state index in [1.54, 1.807) is 17.5 Å². The van der Waals surface area contributed by atoms with Crippen LogP contribution in [-0.2, 0) is 10.2 Å². The maximum absolute atomic E-state index is 12.7. The van der Waals surface area contributed by atoms with Crippen molar-refractivity contribution in [2.45, 2.75) is 18.3 Å². The van der Waals surface area contributed by atoms with Crippen LogP contribution in [0.3, 0.4) is 0 Å². The van der Waals surface area contributed by atoms with Crippen LogP contribution in [0.4, 0.5) is 5.69 Å². The molecule has 3 nitrogen and oxygen atoms in total. The zero-order valence-electron chi connectivity index (χ0n) is 12.8. The molecule has 3 aromatic rings. The van der Waals surface area contributed by atoms with Gasteiger partial charge >= 0.3 is 0 Å². The molecular weight excluding hydrogens is 340 g/mol. The summed E-state index contributed by atoms with van der Waals surface area (Å²) >= 11 is 7.54. The lowest BCUT2D eigenvalue weighted by atomic mass is 9.95. The Morgan fingerprint density at radius 2 is 1.79 bits per heavy atom. The van der Waals surface area contributed by atoms with Crippen LogP contribution in [0.1, 0.15) is 18.4 Å². The van der Waals surface area contributed by atoms with Crippen molar-refractivity contribution in [3.8, 4) is 10.6 Å². The highest BCUT2D eigenvalue weighted by molar-refractivity contribution is 7.13. The molecule has 1 heterocycles. The molecule has 120 valence electrons. The normalized spacial score (nSPS) is 15.0. The Bertz CT molecular complexity index is 853. The fraction of sp³-hybridized carbons (Fsp3) is 0.158. The molecule has 1 aliphatic rings. The predicted molar refractivity (Wildman–Crippen MR) is 98.5 cm³/mol. The highest BCUT2D eigenvalue weighted by atomic mass is 35.5. The molecule has 0 saturated heterocycles. The van der Waals surface area contributed by atoms with Gasteiger partial charge < -0.3 is 5.32 Å². The quantitative estimate of drug-likeness (QED) is 0.705. The third-order valence-corrected chi connectivity index (χ3v) is 5.48. The van der Waals surface area contributed by atoms with Crippen LogP contribution in [0.2, 0.25) is 5.02 Å². The molecule has 24 heavy (non-hydrogen) atoms. The van der Waals surface area contributed by atoms with Gasteiger partial charge in [0, 0.05) is 27.9 Å². The van der Waals surface area contributed by atoms with Crippen molar-refractivity contribution >= 4 is 34.5 Å². The lowest BCUT2D eigenvalue weighted by molar-refractivity contribution is -0.118. The van der Waals surface area contributed by atoms with Gasteiger partial charge in [-0.05, 0) is 54.8 Å². The highest BCUT2D eigenvalue weighted by Crippen LogP contribution is 2.49. The van der Waals surface area contributed by atoms with E-state index < -0.39 is 5.41 Å².